The highest BCUT2D eigenvalue weighted by Gasteiger charge is 2.03. The van der Waals surface area contributed by atoms with Gasteiger partial charge in [0.15, 0.2) is 0 Å². The minimum Gasteiger partial charge on any atom is -0.309 e. The van der Waals surface area contributed by atoms with Crippen LogP contribution in [0.5, 0.6) is 0 Å². The maximum atomic E-state index is 11.7. The molecule has 0 aliphatic rings. The fourth-order valence-corrected chi connectivity index (χ4v) is 1.86. The number of benzene rings is 1. The Labute approximate surface area is 99.6 Å². The summed E-state index contributed by atoms with van der Waals surface area (Å²) in [6.45, 7) is 0. The molecule has 0 amide bonds. The summed E-state index contributed by atoms with van der Waals surface area (Å²) in [5, 5.41) is 1.32. The number of hydrogen-bond donors (Lipinski definition) is 1. The minimum absolute atomic E-state index is 0.140. The van der Waals surface area contributed by atoms with Crippen molar-refractivity contribution in [2.45, 2.75) is 11.2 Å². The van der Waals surface area contributed by atoms with Crippen LogP contribution in [-0.4, -0.2) is 9.97 Å². The number of alkyl halides is 2. The molecule has 0 fully saturated rings. The Kier molecular flexibility index (Phi) is 3.07. The van der Waals surface area contributed by atoms with Gasteiger partial charge in [-0.05, 0) is 17.7 Å². The van der Waals surface area contributed by atoms with Crippen LogP contribution < -0.4 is 5.56 Å². The zero-order chi connectivity index (χ0) is 10.8. The minimum atomic E-state index is -0.140. The predicted molar refractivity (Wildman–Crippen MR) is 64.6 cm³/mol. The average molecular weight is 288 g/mol. The molecule has 2 aromatic rings. The second-order valence-electron chi connectivity index (χ2n) is 3.13. The highest BCUT2D eigenvalue weighted by molar-refractivity contribution is 9.08. The Morgan fingerprint density at radius 1 is 1.47 bits per heavy atom. The highest BCUT2D eigenvalue weighted by atomic mass is 79.9. The lowest BCUT2D eigenvalue weighted by molar-refractivity contribution is 1.03. The van der Waals surface area contributed by atoms with Crippen LogP contribution in [0, 0.1) is 0 Å². The molecule has 0 saturated carbocycles. The van der Waals surface area contributed by atoms with E-state index in [1.165, 1.54) is 0 Å². The summed E-state index contributed by atoms with van der Waals surface area (Å²) in [6.07, 6.45) is 0. The molecule has 78 valence electrons. The quantitative estimate of drug-likeness (QED) is 0.863. The fraction of sp³-hybridized carbons (Fsp3) is 0.200. The number of H-pyrrole nitrogens is 1. The lowest BCUT2D eigenvalue weighted by Gasteiger charge is -2.01. The van der Waals surface area contributed by atoms with Crippen LogP contribution >= 0.6 is 27.5 Å². The Morgan fingerprint density at radius 2 is 2.27 bits per heavy atom. The first kappa shape index (κ1) is 10.6. The van der Waals surface area contributed by atoms with E-state index in [2.05, 4.69) is 25.9 Å². The molecule has 1 aromatic carbocycles. The number of halogens is 2. The van der Waals surface area contributed by atoms with Gasteiger partial charge in [0.05, 0.1) is 16.8 Å². The van der Waals surface area contributed by atoms with Gasteiger partial charge in [-0.25, -0.2) is 4.98 Å². The van der Waals surface area contributed by atoms with Gasteiger partial charge in [-0.1, -0.05) is 22.0 Å². The van der Waals surface area contributed by atoms with Gasteiger partial charge in [-0.15, -0.1) is 11.6 Å². The number of aromatic nitrogens is 2. The van der Waals surface area contributed by atoms with Gasteiger partial charge in [-0.3, -0.25) is 4.79 Å². The molecule has 1 heterocycles. The van der Waals surface area contributed by atoms with Gasteiger partial charge in [0.2, 0.25) is 0 Å². The molecule has 1 N–H and O–H groups in total. The van der Waals surface area contributed by atoms with E-state index in [9.17, 15) is 4.79 Å². The second kappa shape index (κ2) is 4.33. The van der Waals surface area contributed by atoms with Crippen molar-refractivity contribution >= 4 is 38.4 Å². The van der Waals surface area contributed by atoms with Gasteiger partial charge in [0.25, 0.3) is 5.56 Å². The van der Waals surface area contributed by atoms with Gasteiger partial charge in [-0.2, -0.15) is 0 Å². The SMILES string of the molecule is O=c1[nH]c(CCl)nc2ccc(CBr)cc12. The topological polar surface area (TPSA) is 45.8 Å². The summed E-state index contributed by atoms with van der Waals surface area (Å²) in [5.41, 5.74) is 1.59. The first-order chi connectivity index (χ1) is 7.24. The van der Waals surface area contributed by atoms with Crippen LogP contribution in [0.1, 0.15) is 11.4 Å². The molecule has 0 saturated heterocycles. The number of fused-ring (bicyclic) bond motifs is 1. The Hall–Kier alpha value is -0.870. The number of nitrogens with zero attached hydrogens (tertiary/aromatic N) is 1. The third kappa shape index (κ3) is 2.06. The molecule has 0 spiro atoms. The van der Waals surface area contributed by atoms with E-state index in [0.29, 0.717) is 16.7 Å². The van der Waals surface area contributed by atoms with Crippen molar-refractivity contribution in [2.24, 2.45) is 0 Å². The summed E-state index contributed by atoms with van der Waals surface area (Å²) in [7, 11) is 0. The molecule has 0 unspecified atom stereocenters. The number of rotatable bonds is 2. The molecule has 0 aliphatic heterocycles. The molecule has 0 radical (unpaired) electrons. The van der Waals surface area contributed by atoms with E-state index < -0.39 is 0 Å². The van der Waals surface area contributed by atoms with Crippen LogP contribution in [0.3, 0.4) is 0 Å². The largest absolute Gasteiger partial charge is 0.309 e. The number of aromatic amines is 1. The standard InChI is InChI=1S/C10H8BrClN2O/c11-4-6-1-2-8-7(3-6)10(15)14-9(5-12)13-8/h1-3H,4-5H2,(H,13,14,15). The van der Waals surface area contributed by atoms with Crippen molar-refractivity contribution in [3.8, 4) is 0 Å². The fourth-order valence-electron chi connectivity index (χ4n) is 1.38. The van der Waals surface area contributed by atoms with E-state index in [1.807, 2.05) is 18.2 Å². The molecule has 0 bridgehead atoms. The molecule has 3 nitrogen and oxygen atoms in total. The van der Waals surface area contributed by atoms with Crippen molar-refractivity contribution in [1.29, 1.82) is 0 Å². The molecule has 0 atom stereocenters. The lowest BCUT2D eigenvalue weighted by atomic mass is 10.2. The normalized spacial score (nSPS) is 10.8. The lowest BCUT2D eigenvalue weighted by Crippen LogP contribution is -2.11. The highest BCUT2D eigenvalue weighted by Crippen LogP contribution is 2.13. The van der Waals surface area contributed by atoms with E-state index >= 15 is 0 Å². The molecule has 1 aromatic heterocycles. The first-order valence-electron chi connectivity index (χ1n) is 4.38. The maximum absolute atomic E-state index is 11.7. The second-order valence-corrected chi connectivity index (χ2v) is 3.96. The molecule has 15 heavy (non-hydrogen) atoms. The van der Waals surface area contributed by atoms with E-state index in [0.717, 1.165) is 10.9 Å². The van der Waals surface area contributed by atoms with Crippen LogP contribution in [0.2, 0.25) is 0 Å². The Balaban J connectivity index is 2.74. The van der Waals surface area contributed by atoms with E-state index in [1.54, 1.807) is 0 Å². The van der Waals surface area contributed by atoms with Crippen LogP contribution in [-0.2, 0) is 11.2 Å². The molecule has 0 aliphatic carbocycles. The zero-order valence-corrected chi connectivity index (χ0v) is 10.1. The van der Waals surface area contributed by atoms with Crippen molar-refractivity contribution in [3.05, 3.63) is 39.9 Å². The summed E-state index contributed by atoms with van der Waals surface area (Å²) in [5.74, 6) is 0.714. The van der Waals surface area contributed by atoms with Gasteiger partial charge in [0.1, 0.15) is 5.82 Å². The molecule has 2 rings (SSSR count). The Morgan fingerprint density at radius 3 is 2.93 bits per heavy atom. The number of nitrogens with one attached hydrogen (secondary N) is 1. The van der Waals surface area contributed by atoms with Gasteiger partial charge < -0.3 is 4.98 Å². The summed E-state index contributed by atoms with van der Waals surface area (Å²) >= 11 is 8.96. The van der Waals surface area contributed by atoms with Crippen molar-refractivity contribution in [2.75, 3.05) is 0 Å². The van der Waals surface area contributed by atoms with E-state index in [-0.39, 0.29) is 11.4 Å². The summed E-state index contributed by atoms with van der Waals surface area (Å²) < 4.78 is 0. The van der Waals surface area contributed by atoms with Crippen molar-refractivity contribution < 1.29 is 0 Å². The monoisotopic (exact) mass is 286 g/mol. The van der Waals surface area contributed by atoms with Crippen LogP contribution in [0.25, 0.3) is 10.9 Å². The molecule has 5 heteroatoms. The Bertz CT molecular complexity index is 553. The van der Waals surface area contributed by atoms with Crippen LogP contribution in [0.15, 0.2) is 23.0 Å². The third-order valence-corrected chi connectivity index (χ3v) is 3.00. The van der Waals surface area contributed by atoms with Crippen molar-refractivity contribution in [1.82, 2.24) is 9.97 Å². The average Bonchev–Trinajstić information content (AvgIpc) is 2.28. The van der Waals surface area contributed by atoms with Crippen molar-refractivity contribution in [3.63, 3.8) is 0 Å². The predicted octanol–water partition coefficient (Wildman–Crippen LogP) is 2.56. The van der Waals surface area contributed by atoms with Gasteiger partial charge in [0, 0.05) is 5.33 Å². The van der Waals surface area contributed by atoms with E-state index in [4.69, 9.17) is 11.6 Å². The van der Waals surface area contributed by atoms with Gasteiger partial charge >= 0.3 is 0 Å². The summed E-state index contributed by atoms with van der Waals surface area (Å²) in [4.78, 5) is 18.5. The van der Waals surface area contributed by atoms with Crippen LogP contribution in [0.4, 0.5) is 0 Å². The maximum Gasteiger partial charge on any atom is 0.258 e. The molecular weight excluding hydrogens is 279 g/mol. The first-order valence-corrected chi connectivity index (χ1v) is 6.04. The number of hydrogen-bond acceptors (Lipinski definition) is 2. The zero-order valence-electron chi connectivity index (χ0n) is 7.76. The third-order valence-electron chi connectivity index (χ3n) is 2.10. The molecular formula is C10H8BrClN2O. The summed E-state index contributed by atoms with van der Waals surface area (Å²) in [6, 6.07) is 5.59. The smallest absolute Gasteiger partial charge is 0.258 e.